The van der Waals surface area contributed by atoms with Gasteiger partial charge in [0.15, 0.2) is 5.96 Å². The Labute approximate surface area is 128 Å². The lowest BCUT2D eigenvalue weighted by Crippen LogP contribution is -2.48. The molecule has 2 fully saturated rings. The normalized spacial score (nSPS) is 24.8. The molecule has 0 aromatic rings. The molecule has 0 aromatic heterocycles. The first-order valence-corrected chi connectivity index (χ1v) is 9.10. The van der Waals surface area contributed by atoms with Gasteiger partial charge in [0, 0.05) is 30.1 Å². The Morgan fingerprint density at radius 2 is 1.75 bits per heavy atom. The second-order valence-corrected chi connectivity index (χ2v) is 7.53. The first-order chi connectivity index (χ1) is 9.64. The Hall–Kier alpha value is -0.420. The molecule has 0 atom stereocenters. The largest absolute Gasteiger partial charge is 0.370 e. The van der Waals surface area contributed by atoms with E-state index in [0.717, 1.165) is 25.6 Å². The van der Waals surface area contributed by atoms with Gasteiger partial charge in [-0.2, -0.15) is 11.8 Å². The van der Waals surface area contributed by atoms with E-state index in [2.05, 4.69) is 23.9 Å². The fourth-order valence-corrected chi connectivity index (χ4v) is 4.16. The average molecular weight is 299 g/mol. The standard InChI is InChI=1S/C15H30N4S/c1-18(2)15(7-5-3-4-6-8-15)13-17-14(16)19-9-11-20-12-10-19/h3-13H2,1-2H3,(H2,16,17). The zero-order valence-corrected chi connectivity index (χ0v) is 13.9. The molecule has 1 saturated carbocycles. The van der Waals surface area contributed by atoms with Gasteiger partial charge in [0.2, 0.25) is 0 Å². The molecule has 2 rings (SSSR count). The first kappa shape index (κ1) is 16.0. The van der Waals surface area contributed by atoms with E-state index in [1.807, 2.05) is 11.8 Å². The van der Waals surface area contributed by atoms with Crippen LogP contribution in [0, 0.1) is 0 Å². The van der Waals surface area contributed by atoms with Crippen LogP contribution in [-0.2, 0) is 0 Å². The SMILES string of the molecule is CN(C)C1(CN=C(N)N2CCSCC2)CCCCCC1. The van der Waals surface area contributed by atoms with Crippen LogP contribution in [0.2, 0.25) is 0 Å². The number of nitrogens with two attached hydrogens (primary N) is 1. The van der Waals surface area contributed by atoms with Crippen LogP contribution >= 0.6 is 11.8 Å². The molecule has 0 amide bonds. The van der Waals surface area contributed by atoms with E-state index in [9.17, 15) is 0 Å². The number of rotatable bonds is 3. The molecule has 4 nitrogen and oxygen atoms in total. The highest BCUT2D eigenvalue weighted by Gasteiger charge is 2.33. The van der Waals surface area contributed by atoms with Gasteiger partial charge in [0.1, 0.15) is 0 Å². The smallest absolute Gasteiger partial charge is 0.191 e. The Kier molecular flexibility index (Phi) is 6.02. The third kappa shape index (κ3) is 4.04. The molecule has 1 aliphatic carbocycles. The van der Waals surface area contributed by atoms with Crippen LogP contribution in [0.15, 0.2) is 4.99 Å². The molecule has 1 heterocycles. The number of hydrogen-bond acceptors (Lipinski definition) is 3. The topological polar surface area (TPSA) is 44.9 Å². The van der Waals surface area contributed by atoms with Gasteiger partial charge < -0.3 is 15.5 Å². The summed E-state index contributed by atoms with van der Waals surface area (Å²) in [5, 5.41) is 0. The first-order valence-electron chi connectivity index (χ1n) is 7.94. The predicted octanol–water partition coefficient (Wildman–Crippen LogP) is 2.00. The van der Waals surface area contributed by atoms with Crippen LogP contribution in [0.4, 0.5) is 0 Å². The number of guanidine groups is 1. The summed E-state index contributed by atoms with van der Waals surface area (Å²) in [5.41, 5.74) is 6.44. The maximum atomic E-state index is 6.21. The Balaban J connectivity index is 1.99. The van der Waals surface area contributed by atoms with E-state index in [0.29, 0.717) is 0 Å². The van der Waals surface area contributed by atoms with Crippen molar-refractivity contribution in [2.45, 2.75) is 44.1 Å². The zero-order chi connectivity index (χ0) is 14.4. The van der Waals surface area contributed by atoms with Crippen molar-refractivity contribution in [2.24, 2.45) is 10.7 Å². The summed E-state index contributed by atoms with van der Waals surface area (Å²) in [6, 6.07) is 0. The van der Waals surface area contributed by atoms with E-state index in [1.165, 1.54) is 50.0 Å². The fraction of sp³-hybridized carbons (Fsp3) is 0.933. The third-order valence-corrected chi connectivity index (χ3v) is 5.80. The van der Waals surface area contributed by atoms with Crippen molar-refractivity contribution in [3.05, 3.63) is 0 Å². The molecule has 1 saturated heterocycles. The van der Waals surface area contributed by atoms with E-state index >= 15 is 0 Å². The number of thioether (sulfide) groups is 1. The molecule has 0 bridgehead atoms. The zero-order valence-electron chi connectivity index (χ0n) is 13.1. The lowest BCUT2D eigenvalue weighted by atomic mass is 9.89. The molecule has 1 aliphatic heterocycles. The molecule has 0 spiro atoms. The highest BCUT2D eigenvalue weighted by Crippen LogP contribution is 2.31. The summed E-state index contributed by atoms with van der Waals surface area (Å²) in [6.07, 6.45) is 7.91. The van der Waals surface area contributed by atoms with Crippen molar-refractivity contribution >= 4 is 17.7 Å². The molecule has 20 heavy (non-hydrogen) atoms. The van der Waals surface area contributed by atoms with Crippen LogP contribution in [0.1, 0.15) is 38.5 Å². The maximum absolute atomic E-state index is 6.21. The van der Waals surface area contributed by atoms with Crippen molar-refractivity contribution in [2.75, 3.05) is 45.2 Å². The molecule has 0 radical (unpaired) electrons. The molecular weight excluding hydrogens is 268 g/mol. The van der Waals surface area contributed by atoms with E-state index in [4.69, 9.17) is 10.7 Å². The fourth-order valence-electron chi connectivity index (χ4n) is 3.25. The summed E-state index contributed by atoms with van der Waals surface area (Å²) in [5.74, 6) is 3.11. The van der Waals surface area contributed by atoms with Crippen LogP contribution in [-0.4, -0.2) is 66.5 Å². The van der Waals surface area contributed by atoms with Gasteiger partial charge in [-0.05, 0) is 26.9 Å². The molecular formula is C15H30N4S. The van der Waals surface area contributed by atoms with Crippen LogP contribution in [0.5, 0.6) is 0 Å². The number of hydrogen-bond donors (Lipinski definition) is 1. The van der Waals surface area contributed by atoms with Crippen molar-refractivity contribution in [3.8, 4) is 0 Å². The van der Waals surface area contributed by atoms with E-state index in [-0.39, 0.29) is 5.54 Å². The molecule has 0 unspecified atom stereocenters. The highest BCUT2D eigenvalue weighted by molar-refractivity contribution is 7.99. The highest BCUT2D eigenvalue weighted by atomic mass is 32.2. The second-order valence-electron chi connectivity index (χ2n) is 6.31. The van der Waals surface area contributed by atoms with Gasteiger partial charge in [-0.25, -0.2) is 0 Å². The van der Waals surface area contributed by atoms with Crippen LogP contribution in [0.3, 0.4) is 0 Å². The summed E-state index contributed by atoms with van der Waals surface area (Å²) in [7, 11) is 4.41. The van der Waals surface area contributed by atoms with Gasteiger partial charge in [0.05, 0.1) is 6.54 Å². The number of likely N-dealkylation sites (N-methyl/N-ethyl adjacent to an activating group) is 1. The Morgan fingerprint density at radius 1 is 1.15 bits per heavy atom. The van der Waals surface area contributed by atoms with Crippen LogP contribution < -0.4 is 5.73 Å². The van der Waals surface area contributed by atoms with Crippen molar-refractivity contribution in [1.29, 1.82) is 0 Å². The van der Waals surface area contributed by atoms with Crippen LogP contribution in [0.25, 0.3) is 0 Å². The number of aliphatic imine (C=N–C) groups is 1. The molecule has 116 valence electrons. The minimum atomic E-state index is 0.228. The summed E-state index contributed by atoms with van der Waals surface area (Å²) >= 11 is 2.01. The van der Waals surface area contributed by atoms with Gasteiger partial charge >= 0.3 is 0 Å². The molecule has 2 N–H and O–H groups in total. The maximum Gasteiger partial charge on any atom is 0.191 e. The second kappa shape index (κ2) is 7.55. The average Bonchev–Trinajstić information content (AvgIpc) is 2.72. The minimum Gasteiger partial charge on any atom is -0.370 e. The quantitative estimate of drug-likeness (QED) is 0.492. The minimum absolute atomic E-state index is 0.228. The van der Waals surface area contributed by atoms with E-state index in [1.54, 1.807) is 0 Å². The predicted molar refractivity (Wildman–Crippen MR) is 89.5 cm³/mol. The van der Waals surface area contributed by atoms with E-state index < -0.39 is 0 Å². The van der Waals surface area contributed by atoms with Crippen molar-refractivity contribution < 1.29 is 0 Å². The monoisotopic (exact) mass is 298 g/mol. The van der Waals surface area contributed by atoms with Crippen molar-refractivity contribution in [1.82, 2.24) is 9.80 Å². The third-order valence-electron chi connectivity index (χ3n) is 4.85. The summed E-state index contributed by atoms with van der Waals surface area (Å²) < 4.78 is 0. The number of nitrogens with zero attached hydrogens (tertiary/aromatic N) is 3. The summed E-state index contributed by atoms with van der Waals surface area (Å²) in [6.45, 7) is 2.96. The molecule has 2 aliphatic rings. The lowest BCUT2D eigenvalue weighted by Gasteiger charge is -2.38. The van der Waals surface area contributed by atoms with Gasteiger partial charge in [-0.1, -0.05) is 25.7 Å². The lowest BCUT2D eigenvalue weighted by molar-refractivity contribution is 0.138. The Bertz CT molecular complexity index is 316. The van der Waals surface area contributed by atoms with Crippen molar-refractivity contribution in [3.63, 3.8) is 0 Å². The van der Waals surface area contributed by atoms with Gasteiger partial charge in [0.25, 0.3) is 0 Å². The Morgan fingerprint density at radius 3 is 2.30 bits per heavy atom. The van der Waals surface area contributed by atoms with Gasteiger partial charge in [-0.3, -0.25) is 4.99 Å². The molecule has 5 heteroatoms. The molecule has 0 aromatic carbocycles. The summed E-state index contributed by atoms with van der Waals surface area (Å²) in [4.78, 5) is 9.41. The van der Waals surface area contributed by atoms with Gasteiger partial charge in [-0.15, -0.1) is 0 Å².